The van der Waals surface area contributed by atoms with Gasteiger partial charge in [0.05, 0.1) is 6.04 Å². The van der Waals surface area contributed by atoms with Crippen LogP contribution in [0.2, 0.25) is 0 Å². The molecule has 2 aromatic carbocycles. The highest BCUT2D eigenvalue weighted by Crippen LogP contribution is 2.30. The van der Waals surface area contributed by atoms with E-state index in [-0.39, 0.29) is 23.8 Å². The monoisotopic (exact) mass is 375 g/mol. The van der Waals surface area contributed by atoms with Crippen LogP contribution in [-0.4, -0.2) is 16.4 Å². The SMILES string of the molecule is Cc1cc2ccccc2n1CC(=O)NC(C)c1ccc(NC(=O)C2CC2)cc1. The number of benzene rings is 2. The molecular formula is C23H25N3O2. The van der Waals surface area contributed by atoms with Crippen molar-refractivity contribution < 1.29 is 9.59 Å². The Hall–Kier alpha value is -3.08. The first kappa shape index (κ1) is 18.3. The van der Waals surface area contributed by atoms with E-state index in [1.54, 1.807) is 0 Å². The van der Waals surface area contributed by atoms with Gasteiger partial charge in [0.2, 0.25) is 11.8 Å². The van der Waals surface area contributed by atoms with Crippen molar-refractivity contribution in [1.82, 2.24) is 9.88 Å². The maximum atomic E-state index is 12.6. The number of hydrogen-bond acceptors (Lipinski definition) is 2. The Morgan fingerprint density at radius 3 is 2.54 bits per heavy atom. The molecular weight excluding hydrogens is 350 g/mol. The van der Waals surface area contributed by atoms with Crippen LogP contribution >= 0.6 is 0 Å². The quantitative estimate of drug-likeness (QED) is 0.679. The van der Waals surface area contributed by atoms with Gasteiger partial charge in [-0.25, -0.2) is 0 Å². The van der Waals surface area contributed by atoms with Gasteiger partial charge < -0.3 is 15.2 Å². The summed E-state index contributed by atoms with van der Waals surface area (Å²) < 4.78 is 2.04. The zero-order valence-electron chi connectivity index (χ0n) is 16.2. The summed E-state index contributed by atoms with van der Waals surface area (Å²) in [6, 6.07) is 17.8. The van der Waals surface area contributed by atoms with Gasteiger partial charge in [0.15, 0.2) is 0 Å². The number of anilines is 1. The lowest BCUT2D eigenvalue weighted by molar-refractivity contribution is -0.122. The lowest BCUT2D eigenvalue weighted by Gasteiger charge is -2.16. The van der Waals surface area contributed by atoms with Crippen LogP contribution in [0.5, 0.6) is 0 Å². The number of carbonyl (C=O) groups excluding carboxylic acids is 2. The van der Waals surface area contributed by atoms with Crippen molar-refractivity contribution in [2.45, 2.75) is 39.3 Å². The molecule has 5 heteroatoms. The average molecular weight is 375 g/mol. The van der Waals surface area contributed by atoms with Gasteiger partial charge in [-0.2, -0.15) is 0 Å². The number of carbonyl (C=O) groups is 2. The highest BCUT2D eigenvalue weighted by atomic mass is 16.2. The molecule has 1 aliphatic rings. The number of nitrogens with zero attached hydrogens (tertiary/aromatic N) is 1. The third-order valence-electron chi connectivity index (χ3n) is 5.32. The maximum Gasteiger partial charge on any atom is 0.240 e. The van der Waals surface area contributed by atoms with E-state index >= 15 is 0 Å². The van der Waals surface area contributed by atoms with Gasteiger partial charge in [0, 0.05) is 22.8 Å². The Balaban J connectivity index is 1.38. The molecule has 28 heavy (non-hydrogen) atoms. The Kier molecular flexibility index (Phi) is 4.90. The van der Waals surface area contributed by atoms with Crippen LogP contribution in [-0.2, 0) is 16.1 Å². The van der Waals surface area contributed by atoms with Crippen LogP contribution in [0.3, 0.4) is 0 Å². The number of amides is 2. The molecule has 1 heterocycles. The van der Waals surface area contributed by atoms with Gasteiger partial charge in [0.25, 0.3) is 0 Å². The molecule has 0 bridgehead atoms. The average Bonchev–Trinajstić information content (AvgIpc) is 3.48. The Morgan fingerprint density at radius 1 is 1.11 bits per heavy atom. The summed E-state index contributed by atoms with van der Waals surface area (Å²) in [7, 11) is 0. The molecule has 1 unspecified atom stereocenters. The van der Waals surface area contributed by atoms with E-state index in [4.69, 9.17) is 0 Å². The fourth-order valence-corrected chi connectivity index (χ4v) is 3.52. The number of para-hydroxylation sites is 1. The molecule has 1 aliphatic carbocycles. The maximum absolute atomic E-state index is 12.6. The van der Waals surface area contributed by atoms with Crippen molar-refractivity contribution in [3.8, 4) is 0 Å². The number of aryl methyl sites for hydroxylation is 1. The zero-order valence-corrected chi connectivity index (χ0v) is 16.2. The van der Waals surface area contributed by atoms with Gasteiger partial charge in [-0.1, -0.05) is 30.3 Å². The molecule has 0 aliphatic heterocycles. The second kappa shape index (κ2) is 7.50. The van der Waals surface area contributed by atoms with Crippen molar-refractivity contribution in [1.29, 1.82) is 0 Å². The molecule has 0 saturated heterocycles. The van der Waals surface area contributed by atoms with E-state index in [0.717, 1.165) is 40.7 Å². The zero-order chi connectivity index (χ0) is 19.7. The molecule has 3 aromatic rings. The van der Waals surface area contributed by atoms with Crippen LogP contribution < -0.4 is 10.6 Å². The van der Waals surface area contributed by atoms with Gasteiger partial charge in [-0.3, -0.25) is 9.59 Å². The molecule has 1 saturated carbocycles. The third-order valence-corrected chi connectivity index (χ3v) is 5.32. The van der Waals surface area contributed by atoms with Gasteiger partial charge in [-0.15, -0.1) is 0 Å². The number of aromatic nitrogens is 1. The predicted octanol–water partition coefficient (Wildman–Crippen LogP) is 4.18. The summed E-state index contributed by atoms with van der Waals surface area (Å²) >= 11 is 0. The van der Waals surface area contributed by atoms with Crippen molar-refractivity contribution in [2.24, 2.45) is 5.92 Å². The molecule has 1 atom stereocenters. The summed E-state index contributed by atoms with van der Waals surface area (Å²) in [4.78, 5) is 24.4. The molecule has 4 rings (SSSR count). The number of nitrogens with one attached hydrogen (secondary N) is 2. The molecule has 2 amide bonds. The van der Waals surface area contributed by atoms with E-state index < -0.39 is 0 Å². The van der Waals surface area contributed by atoms with Crippen LogP contribution in [0.25, 0.3) is 10.9 Å². The minimum Gasteiger partial charge on any atom is -0.348 e. The van der Waals surface area contributed by atoms with Gasteiger partial charge in [-0.05, 0) is 61.9 Å². The summed E-state index contributed by atoms with van der Waals surface area (Å²) in [5.41, 5.74) is 3.94. The van der Waals surface area contributed by atoms with Crippen LogP contribution in [0.4, 0.5) is 5.69 Å². The van der Waals surface area contributed by atoms with Gasteiger partial charge >= 0.3 is 0 Å². The molecule has 1 fully saturated rings. The molecule has 5 nitrogen and oxygen atoms in total. The first-order valence-corrected chi connectivity index (χ1v) is 9.76. The number of fused-ring (bicyclic) bond motifs is 1. The summed E-state index contributed by atoms with van der Waals surface area (Å²) in [6.07, 6.45) is 1.98. The largest absolute Gasteiger partial charge is 0.348 e. The van der Waals surface area contributed by atoms with Crippen LogP contribution in [0.1, 0.15) is 37.1 Å². The topological polar surface area (TPSA) is 63.1 Å². The first-order chi connectivity index (χ1) is 13.5. The Labute approximate surface area is 164 Å². The molecule has 1 aromatic heterocycles. The smallest absolute Gasteiger partial charge is 0.240 e. The standard InChI is InChI=1S/C23H25N3O2/c1-15-13-19-5-3-4-6-21(19)26(15)14-22(27)24-16(2)17-9-11-20(12-10-17)25-23(28)18-7-8-18/h3-6,9-13,16,18H,7-8,14H2,1-2H3,(H,24,27)(H,25,28). The number of hydrogen-bond donors (Lipinski definition) is 2. The Bertz CT molecular complexity index is 1020. The summed E-state index contributed by atoms with van der Waals surface area (Å²) in [5.74, 6) is 0.262. The molecule has 2 N–H and O–H groups in total. The fourth-order valence-electron chi connectivity index (χ4n) is 3.52. The van der Waals surface area contributed by atoms with Crippen LogP contribution in [0.15, 0.2) is 54.6 Å². The van der Waals surface area contributed by atoms with Crippen molar-refractivity contribution >= 4 is 28.4 Å². The van der Waals surface area contributed by atoms with E-state index in [1.165, 1.54) is 0 Å². The van der Waals surface area contributed by atoms with Gasteiger partial charge in [0.1, 0.15) is 6.54 Å². The Morgan fingerprint density at radius 2 is 1.82 bits per heavy atom. The van der Waals surface area contributed by atoms with Crippen molar-refractivity contribution in [2.75, 3.05) is 5.32 Å². The molecule has 0 spiro atoms. The van der Waals surface area contributed by atoms with E-state index in [9.17, 15) is 9.59 Å². The summed E-state index contributed by atoms with van der Waals surface area (Å²) in [6.45, 7) is 4.28. The first-order valence-electron chi connectivity index (χ1n) is 9.76. The van der Waals surface area contributed by atoms with Crippen LogP contribution in [0, 0.1) is 12.8 Å². The lowest BCUT2D eigenvalue weighted by Crippen LogP contribution is -2.30. The second-order valence-corrected chi connectivity index (χ2v) is 7.61. The fraction of sp³-hybridized carbons (Fsp3) is 0.304. The van der Waals surface area contributed by atoms with E-state index in [0.29, 0.717) is 6.54 Å². The van der Waals surface area contributed by atoms with E-state index in [1.807, 2.05) is 60.9 Å². The van der Waals surface area contributed by atoms with Crippen molar-refractivity contribution in [3.05, 3.63) is 65.9 Å². The second-order valence-electron chi connectivity index (χ2n) is 7.61. The molecule has 0 radical (unpaired) electrons. The minimum absolute atomic E-state index is 0.0249. The lowest BCUT2D eigenvalue weighted by atomic mass is 10.1. The highest BCUT2D eigenvalue weighted by Gasteiger charge is 2.29. The number of rotatable bonds is 6. The summed E-state index contributed by atoms with van der Waals surface area (Å²) in [5, 5.41) is 7.15. The highest BCUT2D eigenvalue weighted by molar-refractivity contribution is 5.94. The molecule has 144 valence electrons. The normalized spacial score (nSPS) is 14.6. The predicted molar refractivity (Wildman–Crippen MR) is 111 cm³/mol. The van der Waals surface area contributed by atoms with Crippen molar-refractivity contribution in [3.63, 3.8) is 0 Å². The van der Waals surface area contributed by atoms with E-state index in [2.05, 4.69) is 22.8 Å². The third kappa shape index (κ3) is 3.93. The minimum atomic E-state index is -0.109.